The van der Waals surface area contributed by atoms with E-state index in [1.807, 2.05) is 0 Å². The SMILES string of the molecule is CNC(=O)c1cc(CSc2ncccc2C(=O)NNC(=O)Nc2cccc(C(F)(F)F)c2)ccn1. The largest absolute Gasteiger partial charge is 0.416 e. The lowest BCUT2D eigenvalue weighted by molar-refractivity contribution is -0.137. The van der Waals surface area contributed by atoms with Gasteiger partial charge in [-0.2, -0.15) is 13.2 Å². The van der Waals surface area contributed by atoms with E-state index < -0.39 is 23.7 Å². The fraction of sp³-hybridized carbons (Fsp3) is 0.136. The Morgan fingerprint density at radius 3 is 2.49 bits per heavy atom. The second kappa shape index (κ2) is 11.3. The molecule has 0 bridgehead atoms. The number of benzene rings is 1. The number of nitrogens with one attached hydrogen (secondary N) is 4. The van der Waals surface area contributed by atoms with E-state index in [1.165, 1.54) is 49.4 Å². The molecule has 3 rings (SSSR count). The molecule has 182 valence electrons. The Hall–Kier alpha value is -4.13. The molecule has 9 nitrogen and oxygen atoms in total. The van der Waals surface area contributed by atoms with Gasteiger partial charge < -0.3 is 10.6 Å². The summed E-state index contributed by atoms with van der Waals surface area (Å²) in [5.41, 5.74) is 4.46. The van der Waals surface area contributed by atoms with Crippen molar-refractivity contribution in [2.75, 3.05) is 12.4 Å². The lowest BCUT2D eigenvalue weighted by Crippen LogP contribution is -2.44. The number of anilines is 1. The number of hydrogen-bond donors (Lipinski definition) is 4. The van der Waals surface area contributed by atoms with Crippen molar-refractivity contribution >= 4 is 35.3 Å². The van der Waals surface area contributed by atoms with Gasteiger partial charge in [-0.25, -0.2) is 15.2 Å². The molecule has 13 heteroatoms. The van der Waals surface area contributed by atoms with Gasteiger partial charge in [0.1, 0.15) is 10.7 Å². The number of hydrazine groups is 1. The summed E-state index contributed by atoms with van der Waals surface area (Å²) in [6.45, 7) is 0. The van der Waals surface area contributed by atoms with E-state index in [1.54, 1.807) is 12.1 Å². The maximum atomic E-state index is 12.8. The summed E-state index contributed by atoms with van der Waals surface area (Å²) >= 11 is 1.23. The summed E-state index contributed by atoms with van der Waals surface area (Å²) in [6.07, 6.45) is -1.56. The highest BCUT2D eigenvalue weighted by Crippen LogP contribution is 2.30. The van der Waals surface area contributed by atoms with Crippen LogP contribution in [0.4, 0.5) is 23.7 Å². The van der Waals surface area contributed by atoms with Crippen LogP contribution in [0.1, 0.15) is 32.0 Å². The molecule has 1 aromatic carbocycles. The van der Waals surface area contributed by atoms with Crippen LogP contribution in [-0.2, 0) is 11.9 Å². The van der Waals surface area contributed by atoms with Crippen molar-refractivity contribution in [3.63, 3.8) is 0 Å². The van der Waals surface area contributed by atoms with Crippen LogP contribution in [0.5, 0.6) is 0 Å². The van der Waals surface area contributed by atoms with Crippen molar-refractivity contribution in [3.05, 3.63) is 83.3 Å². The zero-order chi connectivity index (χ0) is 25.4. The molecule has 4 N–H and O–H groups in total. The topological polar surface area (TPSA) is 125 Å². The molecule has 0 saturated heterocycles. The number of amides is 4. The van der Waals surface area contributed by atoms with Crippen molar-refractivity contribution < 1.29 is 27.6 Å². The van der Waals surface area contributed by atoms with Gasteiger partial charge in [0.15, 0.2) is 0 Å². The number of pyridine rings is 2. The van der Waals surface area contributed by atoms with E-state index in [4.69, 9.17) is 0 Å². The summed E-state index contributed by atoms with van der Waals surface area (Å²) in [4.78, 5) is 44.6. The van der Waals surface area contributed by atoms with Gasteiger partial charge in [-0.05, 0) is 48.0 Å². The first kappa shape index (κ1) is 25.5. The zero-order valence-corrected chi connectivity index (χ0v) is 19.0. The Morgan fingerprint density at radius 2 is 1.74 bits per heavy atom. The second-order valence-corrected chi connectivity index (χ2v) is 7.85. The van der Waals surface area contributed by atoms with Gasteiger partial charge in [-0.15, -0.1) is 11.8 Å². The molecule has 0 spiro atoms. The number of hydrogen-bond acceptors (Lipinski definition) is 6. The van der Waals surface area contributed by atoms with E-state index in [9.17, 15) is 27.6 Å². The minimum atomic E-state index is -4.56. The number of nitrogens with zero attached hydrogens (tertiary/aromatic N) is 2. The molecule has 0 atom stereocenters. The van der Waals surface area contributed by atoms with Crippen LogP contribution in [0.3, 0.4) is 0 Å². The zero-order valence-electron chi connectivity index (χ0n) is 18.1. The monoisotopic (exact) mass is 504 g/mol. The molecule has 4 amide bonds. The predicted molar refractivity (Wildman–Crippen MR) is 122 cm³/mol. The van der Waals surface area contributed by atoms with Crippen molar-refractivity contribution in [2.24, 2.45) is 0 Å². The summed E-state index contributed by atoms with van der Waals surface area (Å²) < 4.78 is 38.4. The Balaban J connectivity index is 1.60. The predicted octanol–water partition coefficient (Wildman–Crippen LogP) is 3.61. The third-order valence-corrected chi connectivity index (χ3v) is 5.49. The quantitative estimate of drug-likeness (QED) is 0.300. The maximum Gasteiger partial charge on any atom is 0.416 e. The van der Waals surface area contributed by atoms with Gasteiger partial charge in [-0.1, -0.05) is 6.07 Å². The van der Waals surface area contributed by atoms with Crippen LogP contribution in [0.2, 0.25) is 0 Å². The molecule has 0 aliphatic heterocycles. The van der Waals surface area contributed by atoms with E-state index in [0.717, 1.165) is 23.8 Å². The molecule has 0 fully saturated rings. The standard InChI is InChI=1S/C22H19F3N6O3S/c1-26-19(33)17-10-13(7-9-27-17)12-35-20-16(6-3-8-28-20)18(32)30-31-21(34)29-15-5-2-4-14(11-15)22(23,24)25/h2-11H,12H2,1H3,(H,26,33)(H,30,32)(H2,29,31,34). The fourth-order valence-corrected chi connectivity index (χ4v) is 3.70. The van der Waals surface area contributed by atoms with Crippen LogP contribution >= 0.6 is 11.8 Å². The van der Waals surface area contributed by atoms with E-state index in [0.29, 0.717) is 10.8 Å². The van der Waals surface area contributed by atoms with Gasteiger partial charge in [0, 0.05) is 30.9 Å². The molecular formula is C22H19F3N6O3S. The molecular weight excluding hydrogens is 485 g/mol. The number of aromatic nitrogens is 2. The first-order chi connectivity index (χ1) is 16.7. The number of halogens is 3. The van der Waals surface area contributed by atoms with Crippen LogP contribution in [-0.4, -0.2) is 34.9 Å². The van der Waals surface area contributed by atoms with E-state index in [2.05, 4.69) is 31.5 Å². The van der Waals surface area contributed by atoms with Crippen molar-refractivity contribution in [3.8, 4) is 0 Å². The fourth-order valence-electron chi connectivity index (χ4n) is 2.76. The van der Waals surface area contributed by atoms with Crippen LogP contribution in [0.25, 0.3) is 0 Å². The van der Waals surface area contributed by atoms with Crippen molar-refractivity contribution in [1.29, 1.82) is 0 Å². The van der Waals surface area contributed by atoms with Gasteiger partial charge in [0.25, 0.3) is 11.8 Å². The van der Waals surface area contributed by atoms with Crippen LogP contribution in [0.15, 0.2) is 66.0 Å². The van der Waals surface area contributed by atoms with Crippen molar-refractivity contribution in [2.45, 2.75) is 17.0 Å². The summed E-state index contributed by atoms with van der Waals surface area (Å²) in [5.74, 6) is -0.627. The number of alkyl halides is 3. The summed E-state index contributed by atoms with van der Waals surface area (Å²) in [6, 6.07) is 9.52. The Morgan fingerprint density at radius 1 is 0.943 bits per heavy atom. The smallest absolute Gasteiger partial charge is 0.354 e. The third-order valence-electron chi connectivity index (χ3n) is 4.41. The van der Waals surface area contributed by atoms with E-state index >= 15 is 0 Å². The highest BCUT2D eigenvalue weighted by atomic mass is 32.2. The van der Waals surface area contributed by atoms with Crippen LogP contribution < -0.4 is 21.5 Å². The third kappa shape index (κ3) is 7.17. The lowest BCUT2D eigenvalue weighted by atomic mass is 10.2. The Labute approximate surface area is 201 Å². The number of thioether (sulfide) groups is 1. The van der Waals surface area contributed by atoms with Crippen molar-refractivity contribution in [1.82, 2.24) is 26.1 Å². The number of carbonyl (C=O) groups is 3. The first-order valence-corrected chi connectivity index (χ1v) is 11.0. The Bertz CT molecular complexity index is 1240. The molecule has 2 heterocycles. The average molecular weight is 504 g/mol. The van der Waals surface area contributed by atoms with Crippen LogP contribution in [0, 0.1) is 0 Å². The van der Waals surface area contributed by atoms with Gasteiger partial charge in [0.05, 0.1) is 11.1 Å². The lowest BCUT2D eigenvalue weighted by Gasteiger charge is -2.12. The van der Waals surface area contributed by atoms with E-state index in [-0.39, 0.29) is 22.9 Å². The van der Waals surface area contributed by atoms with Gasteiger partial charge >= 0.3 is 12.2 Å². The number of carbonyl (C=O) groups excluding carboxylic acids is 3. The minimum Gasteiger partial charge on any atom is -0.354 e. The molecule has 35 heavy (non-hydrogen) atoms. The molecule has 0 radical (unpaired) electrons. The normalized spacial score (nSPS) is 10.9. The highest BCUT2D eigenvalue weighted by molar-refractivity contribution is 7.98. The molecule has 0 unspecified atom stereocenters. The second-order valence-electron chi connectivity index (χ2n) is 6.89. The number of urea groups is 1. The molecule has 0 aliphatic rings. The Kier molecular flexibility index (Phi) is 8.25. The summed E-state index contributed by atoms with van der Waals surface area (Å²) in [5, 5.41) is 5.07. The number of rotatable bonds is 6. The molecule has 3 aromatic rings. The van der Waals surface area contributed by atoms with Gasteiger partial charge in [-0.3, -0.25) is 20.0 Å². The summed E-state index contributed by atoms with van der Waals surface area (Å²) in [7, 11) is 1.50. The maximum absolute atomic E-state index is 12.8. The highest BCUT2D eigenvalue weighted by Gasteiger charge is 2.30. The molecule has 2 aromatic heterocycles. The average Bonchev–Trinajstić information content (AvgIpc) is 2.85. The molecule has 0 saturated carbocycles. The molecule has 0 aliphatic carbocycles. The minimum absolute atomic E-state index is 0.0994. The first-order valence-electron chi connectivity index (χ1n) is 9.97. The van der Waals surface area contributed by atoms with Gasteiger partial charge in [0.2, 0.25) is 0 Å².